The van der Waals surface area contributed by atoms with Crippen LogP contribution in [0.2, 0.25) is 10.0 Å². The lowest BCUT2D eigenvalue weighted by Gasteiger charge is -2.36. The van der Waals surface area contributed by atoms with Crippen molar-refractivity contribution in [3.63, 3.8) is 0 Å². The molecule has 6 heteroatoms. The molecule has 0 bridgehead atoms. The van der Waals surface area contributed by atoms with Crippen LogP contribution in [0.25, 0.3) is 0 Å². The van der Waals surface area contributed by atoms with E-state index in [-0.39, 0.29) is 12.5 Å². The van der Waals surface area contributed by atoms with Gasteiger partial charge in [-0.25, -0.2) is 0 Å². The molecule has 3 rings (SSSR count). The van der Waals surface area contributed by atoms with E-state index < -0.39 is 0 Å². The van der Waals surface area contributed by atoms with Gasteiger partial charge in [0.25, 0.3) is 5.91 Å². The Bertz CT molecular complexity index is 681. The molecule has 1 fully saturated rings. The molecule has 1 saturated heterocycles. The van der Waals surface area contributed by atoms with Crippen LogP contribution in [-0.4, -0.2) is 43.6 Å². The predicted molar refractivity (Wildman–Crippen MR) is 97.2 cm³/mol. The molecular weight excluding hydrogens is 347 g/mol. The van der Waals surface area contributed by atoms with E-state index >= 15 is 0 Å². The molecule has 1 heterocycles. The summed E-state index contributed by atoms with van der Waals surface area (Å²) in [5, 5.41) is 0.813. The zero-order valence-corrected chi connectivity index (χ0v) is 14.6. The van der Waals surface area contributed by atoms with E-state index in [9.17, 15) is 4.79 Å². The van der Waals surface area contributed by atoms with Gasteiger partial charge in [0, 0.05) is 31.9 Å². The number of para-hydroxylation sites is 2. The third kappa shape index (κ3) is 3.94. The van der Waals surface area contributed by atoms with Crippen LogP contribution in [0.5, 0.6) is 5.75 Å². The van der Waals surface area contributed by atoms with Gasteiger partial charge in [0.1, 0.15) is 0 Å². The largest absolute Gasteiger partial charge is 0.481 e. The molecule has 0 radical (unpaired) electrons. The fraction of sp³-hybridized carbons (Fsp3) is 0.278. The molecule has 0 unspecified atom stereocenters. The van der Waals surface area contributed by atoms with Crippen LogP contribution in [0.3, 0.4) is 0 Å². The maximum absolute atomic E-state index is 12.3. The summed E-state index contributed by atoms with van der Waals surface area (Å²) in [6.45, 7) is 2.90. The van der Waals surface area contributed by atoms with E-state index in [1.165, 1.54) is 5.69 Å². The Morgan fingerprint density at radius 2 is 1.54 bits per heavy atom. The number of amides is 1. The lowest BCUT2D eigenvalue weighted by Crippen LogP contribution is -2.50. The Hall–Kier alpha value is -1.91. The molecule has 1 aliphatic rings. The average Bonchev–Trinajstić information content (AvgIpc) is 2.62. The number of halogens is 2. The van der Waals surface area contributed by atoms with Crippen LogP contribution in [0.15, 0.2) is 48.5 Å². The minimum atomic E-state index is -0.0607. The number of piperazine rings is 1. The number of hydrogen-bond acceptors (Lipinski definition) is 3. The van der Waals surface area contributed by atoms with Crippen molar-refractivity contribution in [1.29, 1.82) is 0 Å². The number of rotatable bonds is 4. The van der Waals surface area contributed by atoms with Crippen molar-refractivity contribution in [1.82, 2.24) is 4.90 Å². The third-order valence-corrected chi connectivity index (χ3v) is 4.61. The third-order valence-electron chi connectivity index (χ3n) is 4.01. The summed E-state index contributed by atoms with van der Waals surface area (Å²) < 4.78 is 5.53. The smallest absolute Gasteiger partial charge is 0.260 e. The Kier molecular flexibility index (Phi) is 5.48. The fourth-order valence-corrected chi connectivity index (χ4v) is 3.21. The molecule has 0 aliphatic carbocycles. The number of carbonyl (C=O) groups is 1. The first-order chi connectivity index (χ1) is 11.6. The summed E-state index contributed by atoms with van der Waals surface area (Å²) in [6.07, 6.45) is 0. The van der Waals surface area contributed by atoms with Gasteiger partial charge in [-0.15, -0.1) is 0 Å². The number of ether oxygens (including phenoxy) is 1. The summed E-state index contributed by atoms with van der Waals surface area (Å²) in [5.41, 5.74) is 1.18. The van der Waals surface area contributed by atoms with Gasteiger partial charge in [0.05, 0.1) is 10.0 Å². The second-order valence-electron chi connectivity index (χ2n) is 5.54. The highest BCUT2D eigenvalue weighted by Gasteiger charge is 2.22. The van der Waals surface area contributed by atoms with Crippen LogP contribution >= 0.6 is 23.2 Å². The molecule has 24 heavy (non-hydrogen) atoms. The van der Waals surface area contributed by atoms with E-state index in [0.717, 1.165) is 13.1 Å². The van der Waals surface area contributed by atoms with Crippen molar-refractivity contribution < 1.29 is 9.53 Å². The zero-order chi connectivity index (χ0) is 16.9. The number of hydrogen-bond donors (Lipinski definition) is 0. The Morgan fingerprint density at radius 3 is 2.17 bits per heavy atom. The molecule has 0 spiro atoms. The van der Waals surface area contributed by atoms with Gasteiger partial charge in [0.2, 0.25) is 0 Å². The maximum atomic E-state index is 12.3. The quantitative estimate of drug-likeness (QED) is 0.828. The number of benzene rings is 2. The summed E-state index contributed by atoms with van der Waals surface area (Å²) in [6, 6.07) is 15.3. The lowest BCUT2D eigenvalue weighted by atomic mass is 10.2. The van der Waals surface area contributed by atoms with Gasteiger partial charge in [-0.05, 0) is 24.3 Å². The second-order valence-corrected chi connectivity index (χ2v) is 6.36. The average molecular weight is 365 g/mol. The molecule has 126 valence electrons. The molecule has 1 aliphatic heterocycles. The standard InChI is InChI=1S/C18H18Cl2N2O2/c19-15-7-4-8-16(20)18(15)24-13-17(23)22-11-9-21(10-12-22)14-5-2-1-3-6-14/h1-8H,9-13H2. The van der Waals surface area contributed by atoms with Gasteiger partial charge < -0.3 is 14.5 Å². The molecular formula is C18H18Cl2N2O2. The normalized spacial score (nSPS) is 14.6. The zero-order valence-electron chi connectivity index (χ0n) is 13.1. The first-order valence-corrected chi connectivity index (χ1v) is 8.55. The molecule has 2 aromatic carbocycles. The highest BCUT2D eigenvalue weighted by molar-refractivity contribution is 6.37. The first-order valence-electron chi connectivity index (χ1n) is 7.80. The minimum absolute atomic E-state index is 0.0568. The molecule has 2 aromatic rings. The number of anilines is 1. The van der Waals surface area contributed by atoms with Crippen LogP contribution < -0.4 is 9.64 Å². The van der Waals surface area contributed by atoms with Crippen molar-refractivity contribution in [3.05, 3.63) is 58.6 Å². The summed E-state index contributed by atoms with van der Waals surface area (Å²) in [7, 11) is 0. The molecule has 0 aromatic heterocycles. The van der Waals surface area contributed by atoms with Crippen molar-refractivity contribution in [3.8, 4) is 5.75 Å². The number of nitrogens with zero attached hydrogens (tertiary/aromatic N) is 2. The van der Waals surface area contributed by atoms with E-state index in [1.54, 1.807) is 18.2 Å². The van der Waals surface area contributed by atoms with Crippen LogP contribution in [0.1, 0.15) is 0 Å². The topological polar surface area (TPSA) is 32.8 Å². The van der Waals surface area contributed by atoms with E-state index in [4.69, 9.17) is 27.9 Å². The highest BCUT2D eigenvalue weighted by Crippen LogP contribution is 2.32. The summed E-state index contributed by atoms with van der Waals surface area (Å²) in [4.78, 5) is 16.4. The van der Waals surface area contributed by atoms with Crippen molar-refractivity contribution in [2.24, 2.45) is 0 Å². The Labute approximate surface area is 151 Å². The lowest BCUT2D eigenvalue weighted by molar-refractivity contribution is -0.133. The minimum Gasteiger partial charge on any atom is -0.481 e. The van der Waals surface area contributed by atoms with Crippen LogP contribution in [0, 0.1) is 0 Å². The fourth-order valence-electron chi connectivity index (χ4n) is 2.70. The van der Waals surface area contributed by atoms with Crippen molar-refractivity contribution >= 4 is 34.8 Å². The summed E-state index contributed by atoms with van der Waals surface area (Å²) in [5.74, 6) is 0.302. The molecule has 0 N–H and O–H groups in total. The van der Waals surface area contributed by atoms with Crippen molar-refractivity contribution in [2.45, 2.75) is 0 Å². The maximum Gasteiger partial charge on any atom is 0.260 e. The second kappa shape index (κ2) is 7.77. The van der Waals surface area contributed by atoms with Gasteiger partial charge >= 0.3 is 0 Å². The van der Waals surface area contributed by atoms with Crippen LogP contribution in [0.4, 0.5) is 5.69 Å². The van der Waals surface area contributed by atoms with Gasteiger partial charge in [0.15, 0.2) is 12.4 Å². The van der Waals surface area contributed by atoms with Gasteiger partial charge in [-0.3, -0.25) is 4.79 Å². The van der Waals surface area contributed by atoms with E-state index in [0.29, 0.717) is 28.9 Å². The van der Waals surface area contributed by atoms with Crippen molar-refractivity contribution in [2.75, 3.05) is 37.7 Å². The van der Waals surface area contributed by atoms with Crippen LogP contribution in [-0.2, 0) is 4.79 Å². The van der Waals surface area contributed by atoms with E-state index in [1.807, 2.05) is 23.1 Å². The monoisotopic (exact) mass is 364 g/mol. The molecule has 1 amide bonds. The molecule has 0 atom stereocenters. The van der Waals surface area contributed by atoms with Gasteiger partial charge in [-0.2, -0.15) is 0 Å². The molecule has 4 nitrogen and oxygen atoms in total. The first kappa shape index (κ1) is 16.9. The SMILES string of the molecule is O=C(COc1c(Cl)cccc1Cl)N1CCN(c2ccccc2)CC1. The summed E-state index contributed by atoms with van der Waals surface area (Å²) >= 11 is 12.1. The van der Waals surface area contributed by atoms with E-state index in [2.05, 4.69) is 17.0 Å². The Morgan fingerprint density at radius 1 is 0.917 bits per heavy atom. The highest BCUT2D eigenvalue weighted by atomic mass is 35.5. The van der Waals surface area contributed by atoms with Gasteiger partial charge in [-0.1, -0.05) is 47.5 Å². The molecule has 0 saturated carbocycles. The number of carbonyl (C=O) groups excluding carboxylic acids is 1. The predicted octanol–water partition coefficient (Wildman–Crippen LogP) is 3.72. The Balaban J connectivity index is 1.52.